The quantitative estimate of drug-likeness (QED) is 0.743. The van der Waals surface area contributed by atoms with E-state index in [2.05, 4.69) is 0 Å². The summed E-state index contributed by atoms with van der Waals surface area (Å²) in [5, 5.41) is 9.51. The molecular formula is C12H19NO2. The largest absolute Gasteiger partial charge is 0.497 e. The number of methoxy groups -OCH3 is 1. The highest BCUT2D eigenvalue weighted by Gasteiger charge is 2.03. The number of benzene rings is 1. The van der Waals surface area contributed by atoms with Gasteiger partial charge < -0.3 is 15.6 Å². The molecule has 1 rings (SSSR count). The minimum absolute atomic E-state index is 0.280. The molecule has 15 heavy (non-hydrogen) atoms. The van der Waals surface area contributed by atoms with E-state index >= 15 is 0 Å². The van der Waals surface area contributed by atoms with Gasteiger partial charge in [0, 0.05) is 0 Å². The van der Waals surface area contributed by atoms with Crippen LogP contribution < -0.4 is 10.5 Å². The van der Waals surface area contributed by atoms with Gasteiger partial charge in [-0.15, -0.1) is 0 Å². The maximum atomic E-state index is 9.51. The standard InChI is InChI=1S/C12H19NO2/c1-15-12-6-3-10(4-7-12)2-5-11(14)8-9-13/h3-4,6-7,11,14H,2,5,8-9,13H2,1H3. The number of ether oxygens (including phenoxy) is 1. The van der Waals surface area contributed by atoms with Crippen molar-refractivity contribution < 1.29 is 9.84 Å². The molecule has 3 N–H and O–H groups in total. The van der Waals surface area contributed by atoms with E-state index in [1.54, 1.807) is 7.11 Å². The van der Waals surface area contributed by atoms with Crippen LogP contribution in [0.1, 0.15) is 18.4 Å². The molecule has 0 aliphatic rings. The second-order valence-electron chi connectivity index (χ2n) is 3.62. The van der Waals surface area contributed by atoms with Crippen LogP contribution in [0.15, 0.2) is 24.3 Å². The molecule has 0 fully saturated rings. The number of hydrogen-bond acceptors (Lipinski definition) is 3. The van der Waals surface area contributed by atoms with Crippen LogP contribution in [0.3, 0.4) is 0 Å². The van der Waals surface area contributed by atoms with Crippen LogP contribution in [-0.2, 0) is 6.42 Å². The Hall–Kier alpha value is -1.06. The van der Waals surface area contributed by atoms with E-state index in [4.69, 9.17) is 10.5 Å². The highest BCUT2D eigenvalue weighted by Crippen LogP contribution is 2.13. The van der Waals surface area contributed by atoms with E-state index in [9.17, 15) is 5.11 Å². The van der Waals surface area contributed by atoms with Crippen LogP contribution in [-0.4, -0.2) is 24.9 Å². The van der Waals surface area contributed by atoms with Crippen molar-refractivity contribution in [3.8, 4) is 5.75 Å². The fraction of sp³-hybridized carbons (Fsp3) is 0.500. The molecule has 1 aromatic carbocycles. The number of aliphatic hydroxyl groups is 1. The number of nitrogens with two attached hydrogens (primary N) is 1. The summed E-state index contributed by atoms with van der Waals surface area (Å²) in [6.45, 7) is 0.545. The predicted molar refractivity (Wildman–Crippen MR) is 61.0 cm³/mol. The Morgan fingerprint density at radius 3 is 2.47 bits per heavy atom. The summed E-state index contributed by atoms with van der Waals surface area (Å²) < 4.78 is 5.07. The van der Waals surface area contributed by atoms with E-state index < -0.39 is 0 Å². The Bertz CT molecular complexity index is 271. The third-order valence-electron chi connectivity index (χ3n) is 2.43. The first-order chi connectivity index (χ1) is 7.26. The van der Waals surface area contributed by atoms with Crippen molar-refractivity contribution in [2.45, 2.75) is 25.4 Å². The molecular weight excluding hydrogens is 190 g/mol. The molecule has 0 aromatic heterocycles. The van der Waals surface area contributed by atoms with Crippen LogP contribution in [0.2, 0.25) is 0 Å². The number of aliphatic hydroxyl groups excluding tert-OH is 1. The zero-order chi connectivity index (χ0) is 11.1. The SMILES string of the molecule is COc1ccc(CCC(O)CCN)cc1. The molecule has 1 aromatic rings. The van der Waals surface area contributed by atoms with Gasteiger partial charge in [0.2, 0.25) is 0 Å². The first-order valence-electron chi connectivity index (χ1n) is 5.27. The van der Waals surface area contributed by atoms with Gasteiger partial charge in [-0.05, 0) is 43.5 Å². The fourth-order valence-electron chi connectivity index (χ4n) is 1.46. The lowest BCUT2D eigenvalue weighted by atomic mass is 10.1. The van der Waals surface area contributed by atoms with E-state index in [0.29, 0.717) is 13.0 Å². The minimum Gasteiger partial charge on any atom is -0.497 e. The molecule has 0 saturated heterocycles. The Kier molecular flexibility index (Phi) is 5.15. The maximum absolute atomic E-state index is 9.51. The molecule has 0 saturated carbocycles. The van der Waals surface area contributed by atoms with Gasteiger partial charge in [-0.2, -0.15) is 0 Å². The highest BCUT2D eigenvalue weighted by atomic mass is 16.5. The van der Waals surface area contributed by atoms with Crippen molar-refractivity contribution in [1.82, 2.24) is 0 Å². The molecule has 0 radical (unpaired) electrons. The Morgan fingerprint density at radius 1 is 1.27 bits per heavy atom. The molecule has 3 nitrogen and oxygen atoms in total. The third-order valence-corrected chi connectivity index (χ3v) is 2.43. The first-order valence-corrected chi connectivity index (χ1v) is 5.27. The summed E-state index contributed by atoms with van der Waals surface area (Å²) in [6, 6.07) is 7.91. The normalized spacial score (nSPS) is 12.5. The average molecular weight is 209 g/mol. The van der Waals surface area contributed by atoms with Crippen LogP contribution in [0.5, 0.6) is 5.75 Å². The second kappa shape index (κ2) is 6.43. The van der Waals surface area contributed by atoms with Gasteiger partial charge in [-0.25, -0.2) is 0 Å². The van der Waals surface area contributed by atoms with Crippen LogP contribution >= 0.6 is 0 Å². The predicted octanol–water partition coefficient (Wildman–Crippen LogP) is 1.34. The van der Waals surface area contributed by atoms with Crippen LogP contribution in [0.4, 0.5) is 0 Å². The molecule has 0 aliphatic carbocycles. The lowest BCUT2D eigenvalue weighted by molar-refractivity contribution is 0.157. The monoisotopic (exact) mass is 209 g/mol. The Morgan fingerprint density at radius 2 is 1.93 bits per heavy atom. The number of hydrogen-bond donors (Lipinski definition) is 2. The third kappa shape index (κ3) is 4.32. The summed E-state index contributed by atoms with van der Waals surface area (Å²) in [5.41, 5.74) is 6.57. The second-order valence-corrected chi connectivity index (χ2v) is 3.62. The smallest absolute Gasteiger partial charge is 0.118 e. The molecule has 0 bridgehead atoms. The molecule has 1 unspecified atom stereocenters. The molecule has 0 aliphatic heterocycles. The van der Waals surface area contributed by atoms with E-state index in [1.807, 2.05) is 24.3 Å². The summed E-state index contributed by atoms with van der Waals surface area (Å²) in [4.78, 5) is 0. The maximum Gasteiger partial charge on any atom is 0.118 e. The summed E-state index contributed by atoms with van der Waals surface area (Å²) >= 11 is 0. The molecule has 0 spiro atoms. The van der Waals surface area contributed by atoms with Gasteiger partial charge in [0.05, 0.1) is 13.2 Å². The molecule has 0 heterocycles. The number of rotatable bonds is 6. The van der Waals surface area contributed by atoms with Gasteiger partial charge in [-0.3, -0.25) is 0 Å². The van der Waals surface area contributed by atoms with Gasteiger partial charge >= 0.3 is 0 Å². The van der Waals surface area contributed by atoms with Gasteiger partial charge in [0.25, 0.3) is 0 Å². The summed E-state index contributed by atoms with van der Waals surface area (Å²) in [5.74, 6) is 0.862. The highest BCUT2D eigenvalue weighted by molar-refractivity contribution is 5.27. The van der Waals surface area contributed by atoms with Crippen LogP contribution in [0, 0.1) is 0 Å². The van der Waals surface area contributed by atoms with Gasteiger partial charge in [-0.1, -0.05) is 12.1 Å². The molecule has 1 atom stereocenters. The summed E-state index contributed by atoms with van der Waals surface area (Å²) in [7, 11) is 1.65. The van der Waals surface area contributed by atoms with Crippen LogP contribution in [0.25, 0.3) is 0 Å². The lowest BCUT2D eigenvalue weighted by Gasteiger charge is -2.09. The van der Waals surface area contributed by atoms with E-state index in [1.165, 1.54) is 5.56 Å². The van der Waals surface area contributed by atoms with E-state index in [0.717, 1.165) is 18.6 Å². The first kappa shape index (κ1) is 12.0. The van der Waals surface area contributed by atoms with Crippen molar-refractivity contribution in [3.05, 3.63) is 29.8 Å². The average Bonchev–Trinajstić information content (AvgIpc) is 2.27. The van der Waals surface area contributed by atoms with Crippen molar-refractivity contribution >= 4 is 0 Å². The van der Waals surface area contributed by atoms with E-state index in [-0.39, 0.29) is 6.10 Å². The van der Waals surface area contributed by atoms with Crippen molar-refractivity contribution in [1.29, 1.82) is 0 Å². The molecule has 84 valence electrons. The number of aryl methyl sites for hydroxylation is 1. The molecule has 0 amide bonds. The van der Waals surface area contributed by atoms with Crippen molar-refractivity contribution in [2.75, 3.05) is 13.7 Å². The zero-order valence-electron chi connectivity index (χ0n) is 9.15. The topological polar surface area (TPSA) is 55.5 Å². The lowest BCUT2D eigenvalue weighted by Crippen LogP contribution is -2.14. The zero-order valence-corrected chi connectivity index (χ0v) is 9.15. The van der Waals surface area contributed by atoms with Gasteiger partial charge in [0.1, 0.15) is 5.75 Å². The van der Waals surface area contributed by atoms with Crippen molar-refractivity contribution in [2.24, 2.45) is 5.73 Å². The summed E-state index contributed by atoms with van der Waals surface area (Å²) in [6.07, 6.45) is 2.04. The fourth-order valence-corrected chi connectivity index (χ4v) is 1.46. The minimum atomic E-state index is -0.280. The molecule has 3 heteroatoms. The Balaban J connectivity index is 2.37. The van der Waals surface area contributed by atoms with Gasteiger partial charge in [0.15, 0.2) is 0 Å². The Labute approximate surface area is 90.9 Å². The van der Waals surface area contributed by atoms with Crippen molar-refractivity contribution in [3.63, 3.8) is 0 Å².